The van der Waals surface area contributed by atoms with E-state index in [1.807, 2.05) is 30.5 Å². The van der Waals surface area contributed by atoms with E-state index >= 15 is 0 Å². The van der Waals surface area contributed by atoms with Gasteiger partial charge in [-0.15, -0.1) is 5.10 Å². The molecule has 9 heteroatoms. The third-order valence-corrected chi connectivity index (χ3v) is 7.00. The van der Waals surface area contributed by atoms with E-state index in [4.69, 9.17) is 11.6 Å². The Morgan fingerprint density at radius 1 is 1.22 bits per heavy atom. The zero-order valence-electron chi connectivity index (χ0n) is 17.2. The molecule has 32 heavy (non-hydrogen) atoms. The SMILES string of the molecule is O=C(NCc1ccccc1Cl)[C@H]1CCCN(c2nn3cc(-c4ccc(F)cc4)nc3s2)C1. The molecule has 1 fully saturated rings. The number of carbonyl (C=O) groups is 1. The first-order valence-corrected chi connectivity index (χ1v) is 11.6. The van der Waals surface area contributed by atoms with Crippen molar-refractivity contribution in [2.24, 2.45) is 5.92 Å². The second kappa shape index (κ2) is 8.88. The van der Waals surface area contributed by atoms with Crippen molar-refractivity contribution in [3.63, 3.8) is 0 Å². The predicted molar refractivity (Wildman–Crippen MR) is 124 cm³/mol. The number of carbonyl (C=O) groups excluding carboxylic acids is 1. The van der Waals surface area contributed by atoms with E-state index in [0.717, 1.165) is 46.3 Å². The average molecular weight is 470 g/mol. The summed E-state index contributed by atoms with van der Waals surface area (Å²) in [4.78, 5) is 20.3. The number of amides is 1. The molecule has 1 aliphatic rings. The zero-order valence-corrected chi connectivity index (χ0v) is 18.7. The third kappa shape index (κ3) is 4.33. The lowest BCUT2D eigenvalue weighted by Gasteiger charge is -2.31. The van der Waals surface area contributed by atoms with Crippen LogP contribution in [0.15, 0.2) is 54.7 Å². The van der Waals surface area contributed by atoms with Crippen LogP contribution in [-0.2, 0) is 11.3 Å². The van der Waals surface area contributed by atoms with Gasteiger partial charge in [-0.05, 0) is 48.7 Å². The molecule has 5 rings (SSSR count). The summed E-state index contributed by atoms with van der Waals surface area (Å²) in [7, 11) is 0. The summed E-state index contributed by atoms with van der Waals surface area (Å²) in [5, 5.41) is 9.20. The summed E-state index contributed by atoms with van der Waals surface area (Å²) in [5.74, 6) is -0.336. The van der Waals surface area contributed by atoms with Crippen LogP contribution in [-0.4, -0.2) is 33.6 Å². The minimum Gasteiger partial charge on any atom is -0.352 e. The highest BCUT2D eigenvalue weighted by atomic mass is 35.5. The zero-order chi connectivity index (χ0) is 22.1. The van der Waals surface area contributed by atoms with Crippen LogP contribution in [0.3, 0.4) is 0 Å². The largest absolute Gasteiger partial charge is 0.352 e. The molecule has 1 aliphatic heterocycles. The molecule has 1 atom stereocenters. The maximum Gasteiger partial charge on any atom is 0.225 e. The highest BCUT2D eigenvalue weighted by molar-refractivity contribution is 7.20. The molecule has 0 unspecified atom stereocenters. The quantitative estimate of drug-likeness (QED) is 0.456. The number of imidazole rings is 1. The first-order valence-electron chi connectivity index (χ1n) is 10.4. The molecule has 164 valence electrons. The average Bonchev–Trinajstić information content (AvgIpc) is 3.39. The molecule has 1 amide bonds. The van der Waals surface area contributed by atoms with Crippen molar-refractivity contribution in [2.45, 2.75) is 19.4 Å². The number of nitrogens with one attached hydrogen (secondary N) is 1. The molecule has 0 radical (unpaired) electrons. The van der Waals surface area contributed by atoms with Gasteiger partial charge in [-0.2, -0.15) is 0 Å². The lowest BCUT2D eigenvalue weighted by molar-refractivity contribution is -0.125. The van der Waals surface area contributed by atoms with Crippen molar-refractivity contribution in [3.8, 4) is 11.3 Å². The van der Waals surface area contributed by atoms with E-state index < -0.39 is 0 Å². The molecule has 4 aromatic rings. The van der Waals surface area contributed by atoms with Crippen LogP contribution in [0.5, 0.6) is 0 Å². The van der Waals surface area contributed by atoms with Gasteiger partial charge in [0.2, 0.25) is 16.0 Å². The summed E-state index contributed by atoms with van der Waals surface area (Å²) < 4.78 is 14.9. The number of hydrogen-bond acceptors (Lipinski definition) is 5. The first-order chi connectivity index (χ1) is 15.6. The Balaban J connectivity index is 1.25. The van der Waals surface area contributed by atoms with Crippen LogP contribution < -0.4 is 10.2 Å². The van der Waals surface area contributed by atoms with Crippen LogP contribution in [0, 0.1) is 11.7 Å². The molecule has 0 spiro atoms. The summed E-state index contributed by atoms with van der Waals surface area (Å²) in [6.07, 6.45) is 3.62. The van der Waals surface area contributed by atoms with Gasteiger partial charge < -0.3 is 10.2 Å². The molecule has 6 nitrogen and oxygen atoms in total. The first kappa shape index (κ1) is 20.9. The number of benzene rings is 2. The van der Waals surface area contributed by atoms with Crippen LogP contribution in [0.4, 0.5) is 9.52 Å². The molecule has 1 saturated heterocycles. The normalized spacial score (nSPS) is 16.4. The van der Waals surface area contributed by atoms with Gasteiger partial charge in [0.25, 0.3) is 0 Å². The highest BCUT2D eigenvalue weighted by Gasteiger charge is 2.28. The molecular formula is C23H21ClFN5OS. The summed E-state index contributed by atoms with van der Waals surface area (Å²) in [5.41, 5.74) is 2.51. The van der Waals surface area contributed by atoms with Crippen LogP contribution in [0.1, 0.15) is 18.4 Å². The number of hydrogen-bond donors (Lipinski definition) is 1. The Bertz CT molecular complexity index is 1220. The number of piperidine rings is 1. The molecule has 2 aromatic heterocycles. The van der Waals surface area contributed by atoms with Crippen molar-refractivity contribution in [2.75, 3.05) is 18.0 Å². The smallest absolute Gasteiger partial charge is 0.225 e. The predicted octanol–water partition coefficient (Wildman–Crippen LogP) is 4.78. The van der Waals surface area contributed by atoms with Gasteiger partial charge in [-0.25, -0.2) is 13.9 Å². The van der Waals surface area contributed by atoms with Gasteiger partial charge in [0.05, 0.1) is 17.8 Å². The summed E-state index contributed by atoms with van der Waals surface area (Å²) in [6, 6.07) is 13.8. The lowest BCUT2D eigenvalue weighted by atomic mass is 9.97. The van der Waals surface area contributed by atoms with Crippen molar-refractivity contribution >= 4 is 38.9 Å². The van der Waals surface area contributed by atoms with Crippen LogP contribution >= 0.6 is 22.9 Å². The standard InChI is InChI=1S/C23H21ClFN5OS/c24-19-6-2-1-4-16(19)12-26-21(31)17-5-3-11-29(13-17)23-28-30-14-20(27-22(30)32-23)15-7-9-18(25)10-8-15/h1-2,4,6-10,14,17H,3,5,11-13H2,(H,26,31)/t17-/m0/s1. The monoisotopic (exact) mass is 469 g/mol. The number of nitrogens with zero attached hydrogens (tertiary/aromatic N) is 4. The van der Waals surface area contributed by atoms with E-state index in [-0.39, 0.29) is 17.6 Å². The Kier molecular flexibility index (Phi) is 5.80. The van der Waals surface area contributed by atoms with Crippen molar-refractivity contribution in [1.82, 2.24) is 19.9 Å². The van der Waals surface area contributed by atoms with E-state index in [9.17, 15) is 9.18 Å². The van der Waals surface area contributed by atoms with Gasteiger partial charge in [-0.3, -0.25) is 4.79 Å². The molecular weight excluding hydrogens is 449 g/mol. The van der Waals surface area contributed by atoms with Gasteiger partial charge >= 0.3 is 0 Å². The highest BCUT2D eigenvalue weighted by Crippen LogP contribution is 2.30. The van der Waals surface area contributed by atoms with Gasteiger partial charge in [0, 0.05) is 30.2 Å². The van der Waals surface area contributed by atoms with Crippen LogP contribution in [0.25, 0.3) is 16.2 Å². The number of halogens is 2. The van der Waals surface area contributed by atoms with E-state index in [0.29, 0.717) is 18.1 Å². The van der Waals surface area contributed by atoms with Crippen molar-refractivity contribution in [3.05, 3.63) is 71.1 Å². The Morgan fingerprint density at radius 2 is 2.03 bits per heavy atom. The minimum atomic E-state index is -0.272. The second-order valence-corrected chi connectivity index (χ2v) is 9.18. The van der Waals surface area contributed by atoms with Gasteiger partial charge in [-0.1, -0.05) is 41.1 Å². The van der Waals surface area contributed by atoms with E-state index in [1.165, 1.54) is 23.5 Å². The molecule has 0 bridgehead atoms. The lowest BCUT2D eigenvalue weighted by Crippen LogP contribution is -2.43. The second-order valence-electron chi connectivity index (χ2n) is 7.84. The fraction of sp³-hybridized carbons (Fsp3) is 0.261. The van der Waals surface area contributed by atoms with Crippen LogP contribution in [0.2, 0.25) is 5.02 Å². The van der Waals surface area contributed by atoms with Gasteiger partial charge in [0.1, 0.15) is 5.82 Å². The minimum absolute atomic E-state index is 0.0366. The molecule has 1 N–H and O–H groups in total. The van der Waals surface area contributed by atoms with E-state index in [2.05, 4.69) is 20.3 Å². The maximum atomic E-state index is 13.2. The fourth-order valence-corrected chi connectivity index (χ4v) is 5.03. The Morgan fingerprint density at radius 3 is 2.81 bits per heavy atom. The molecule has 0 saturated carbocycles. The number of anilines is 1. The number of aromatic nitrogens is 3. The summed E-state index contributed by atoms with van der Waals surface area (Å²) in [6.45, 7) is 1.90. The molecule has 2 aromatic carbocycles. The topological polar surface area (TPSA) is 62.5 Å². The maximum absolute atomic E-state index is 13.2. The number of fused-ring (bicyclic) bond motifs is 1. The van der Waals surface area contributed by atoms with Crippen molar-refractivity contribution < 1.29 is 9.18 Å². The number of rotatable bonds is 5. The van der Waals surface area contributed by atoms with Gasteiger partial charge in [0.15, 0.2) is 0 Å². The third-order valence-electron chi connectivity index (χ3n) is 5.65. The fourth-order valence-electron chi connectivity index (χ4n) is 3.91. The summed E-state index contributed by atoms with van der Waals surface area (Å²) >= 11 is 7.68. The van der Waals surface area contributed by atoms with Crippen molar-refractivity contribution in [1.29, 1.82) is 0 Å². The molecule has 3 heterocycles. The Hall–Kier alpha value is -2.97. The Labute approximate surface area is 193 Å². The molecule has 0 aliphatic carbocycles. The van der Waals surface area contributed by atoms with E-state index in [1.54, 1.807) is 16.6 Å².